The van der Waals surface area contributed by atoms with Gasteiger partial charge in [0.1, 0.15) is 6.10 Å². The number of fused-ring (bicyclic) bond motifs is 2. The molecule has 1 fully saturated rings. The second-order valence-corrected chi connectivity index (χ2v) is 8.82. The van der Waals surface area contributed by atoms with Crippen LogP contribution >= 0.6 is 0 Å². The van der Waals surface area contributed by atoms with Gasteiger partial charge in [-0.2, -0.15) is 19.6 Å². The number of benzene rings is 1. The van der Waals surface area contributed by atoms with Crippen LogP contribution in [0, 0.1) is 0 Å². The first-order valence-corrected chi connectivity index (χ1v) is 11.3. The van der Waals surface area contributed by atoms with Crippen molar-refractivity contribution < 1.29 is 4.74 Å². The molecule has 1 aromatic carbocycles. The van der Waals surface area contributed by atoms with E-state index in [1.54, 1.807) is 4.52 Å². The minimum Gasteiger partial charge on any atom is -0.460 e. The maximum Gasteiger partial charge on any atom is 0.322 e. The van der Waals surface area contributed by atoms with E-state index in [4.69, 9.17) is 20.4 Å². The molecule has 1 saturated carbocycles. The maximum atomic E-state index is 6.21. The van der Waals surface area contributed by atoms with E-state index in [1.807, 2.05) is 30.6 Å². The number of nitrogens with two attached hydrogens (primary N) is 1. The third kappa shape index (κ3) is 4.10. The molecule has 0 atom stereocenters. The summed E-state index contributed by atoms with van der Waals surface area (Å²) in [4.78, 5) is 13.9. The van der Waals surface area contributed by atoms with Crippen molar-refractivity contribution in [2.24, 2.45) is 5.73 Å². The fourth-order valence-corrected chi connectivity index (χ4v) is 4.30. The number of anilines is 1. The van der Waals surface area contributed by atoms with Gasteiger partial charge in [0, 0.05) is 29.7 Å². The molecule has 0 amide bonds. The van der Waals surface area contributed by atoms with Gasteiger partial charge in [0.05, 0.1) is 11.7 Å². The van der Waals surface area contributed by atoms with Crippen LogP contribution in [0.2, 0.25) is 0 Å². The van der Waals surface area contributed by atoms with Crippen LogP contribution in [0.15, 0.2) is 42.7 Å². The Morgan fingerprint density at radius 3 is 2.78 bits per heavy atom. The molecule has 0 bridgehead atoms. The van der Waals surface area contributed by atoms with Gasteiger partial charge in [-0.1, -0.05) is 32.0 Å². The first kappa shape index (κ1) is 20.6. The summed E-state index contributed by atoms with van der Waals surface area (Å²) in [6, 6.07) is 10.8. The van der Waals surface area contributed by atoms with E-state index in [0.717, 1.165) is 53.4 Å². The predicted molar refractivity (Wildman–Crippen MR) is 125 cm³/mol. The first-order chi connectivity index (χ1) is 15.6. The van der Waals surface area contributed by atoms with Gasteiger partial charge in [-0.25, -0.2) is 0 Å². The molecule has 3 heterocycles. The zero-order chi connectivity index (χ0) is 22.1. The lowest BCUT2D eigenvalue weighted by atomic mass is 9.94. The SMILES string of the molecule is CC(C)c1cnn2c(NCc3cccc4ncccc34)nc(OC3CCC(N)CC3)nc12. The van der Waals surface area contributed by atoms with E-state index in [-0.39, 0.29) is 12.1 Å². The van der Waals surface area contributed by atoms with Gasteiger partial charge in [-0.15, -0.1) is 0 Å². The standard InChI is InChI=1S/C24H29N7O/c1-15(2)20-14-28-31-22(20)29-24(32-18-10-8-17(25)9-11-18)30-23(31)27-13-16-5-3-7-21-19(16)6-4-12-26-21/h3-7,12,14-15,17-18H,8-11,13,25H2,1-2H3,(H,27,29,30). The second-order valence-electron chi connectivity index (χ2n) is 8.82. The highest BCUT2D eigenvalue weighted by atomic mass is 16.5. The predicted octanol–water partition coefficient (Wildman–Crippen LogP) is 4.06. The number of ether oxygens (including phenoxy) is 1. The Morgan fingerprint density at radius 1 is 1.12 bits per heavy atom. The van der Waals surface area contributed by atoms with E-state index in [0.29, 0.717) is 24.4 Å². The number of nitrogens with one attached hydrogen (secondary N) is 1. The molecule has 32 heavy (non-hydrogen) atoms. The van der Waals surface area contributed by atoms with Crippen molar-refractivity contribution in [3.8, 4) is 6.01 Å². The number of hydrogen-bond acceptors (Lipinski definition) is 7. The zero-order valence-corrected chi connectivity index (χ0v) is 18.5. The molecule has 8 heteroatoms. The molecule has 3 N–H and O–H groups in total. The number of hydrogen-bond donors (Lipinski definition) is 2. The van der Waals surface area contributed by atoms with E-state index < -0.39 is 0 Å². The van der Waals surface area contributed by atoms with E-state index >= 15 is 0 Å². The van der Waals surface area contributed by atoms with Crippen LogP contribution in [0.3, 0.4) is 0 Å². The fourth-order valence-electron chi connectivity index (χ4n) is 4.30. The largest absolute Gasteiger partial charge is 0.460 e. The zero-order valence-electron chi connectivity index (χ0n) is 18.5. The van der Waals surface area contributed by atoms with Crippen LogP contribution < -0.4 is 15.8 Å². The Balaban J connectivity index is 1.46. The molecule has 0 unspecified atom stereocenters. The summed E-state index contributed by atoms with van der Waals surface area (Å²) < 4.78 is 7.98. The lowest BCUT2D eigenvalue weighted by molar-refractivity contribution is 0.135. The molecule has 1 aliphatic rings. The molecule has 8 nitrogen and oxygen atoms in total. The van der Waals surface area contributed by atoms with Crippen molar-refractivity contribution >= 4 is 22.5 Å². The molecular formula is C24H29N7O. The second kappa shape index (κ2) is 8.70. The van der Waals surface area contributed by atoms with Crippen LogP contribution in [0.4, 0.5) is 5.95 Å². The normalized spacial score (nSPS) is 19.0. The monoisotopic (exact) mass is 431 g/mol. The van der Waals surface area contributed by atoms with E-state index in [1.165, 1.54) is 0 Å². The van der Waals surface area contributed by atoms with Crippen LogP contribution in [0.5, 0.6) is 6.01 Å². The van der Waals surface area contributed by atoms with E-state index in [9.17, 15) is 0 Å². The summed E-state index contributed by atoms with van der Waals surface area (Å²) in [6.45, 7) is 4.86. The van der Waals surface area contributed by atoms with Crippen molar-refractivity contribution in [3.63, 3.8) is 0 Å². The fraction of sp³-hybridized carbons (Fsp3) is 0.417. The minimum absolute atomic E-state index is 0.0969. The average molecular weight is 432 g/mol. The van der Waals surface area contributed by atoms with Crippen LogP contribution in [-0.2, 0) is 6.54 Å². The Labute approximate surface area is 187 Å². The van der Waals surface area contributed by atoms with E-state index in [2.05, 4.69) is 41.4 Å². The summed E-state index contributed by atoms with van der Waals surface area (Å²) in [7, 11) is 0. The maximum absolute atomic E-state index is 6.21. The molecular weight excluding hydrogens is 402 g/mol. The lowest BCUT2D eigenvalue weighted by Gasteiger charge is -2.26. The Hall–Kier alpha value is -3.26. The van der Waals surface area contributed by atoms with Crippen LogP contribution in [0.1, 0.15) is 56.6 Å². The highest BCUT2D eigenvalue weighted by molar-refractivity contribution is 5.82. The molecule has 0 spiro atoms. The number of nitrogens with zero attached hydrogens (tertiary/aromatic N) is 5. The molecule has 3 aromatic heterocycles. The topological polar surface area (TPSA) is 103 Å². The van der Waals surface area contributed by atoms with Crippen molar-refractivity contribution in [2.45, 2.75) is 64.1 Å². The van der Waals surface area contributed by atoms with Crippen molar-refractivity contribution in [1.82, 2.24) is 24.6 Å². The molecule has 0 aliphatic heterocycles. The number of rotatable bonds is 6. The quantitative estimate of drug-likeness (QED) is 0.474. The molecule has 0 saturated heterocycles. The van der Waals surface area contributed by atoms with Gasteiger partial charge in [-0.05, 0) is 49.3 Å². The Bertz CT molecular complexity index is 1220. The molecule has 1 aliphatic carbocycles. The van der Waals surface area contributed by atoms with Gasteiger partial charge in [-0.3, -0.25) is 4.98 Å². The minimum atomic E-state index is 0.0969. The van der Waals surface area contributed by atoms with Crippen molar-refractivity contribution in [1.29, 1.82) is 0 Å². The van der Waals surface area contributed by atoms with Gasteiger partial charge in [0.25, 0.3) is 0 Å². The van der Waals surface area contributed by atoms with Crippen molar-refractivity contribution in [3.05, 3.63) is 53.9 Å². The summed E-state index contributed by atoms with van der Waals surface area (Å²) >= 11 is 0. The highest BCUT2D eigenvalue weighted by Crippen LogP contribution is 2.26. The molecule has 166 valence electrons. The molecule has 0 radical (unpaired) electrons. The van der Waals surface area contributed by atoms with Gasteiger partial charge in [0.2, 0.25) is 5.95 Å². The summed E-state index contributed by atoms with van der Waals surface area (Å²) in [5.74, 6) is 0.908. The third-order valence-corrected chi connectivity index (χ3v) is 6.16. The first-order valence-electron chi connectivity index (χ1n) is 11.3. The van der Waals surface area contributed by atoms with Gasteiger partial charge >= 0.3 is 6.01 Å². The van der Waals surface area contributed by atoms with Crippen LogP contribution in [-0.4, -0.2) is 36.7 Å². The van der Waals surface area contributed by atoms with Gasteiger partial charge < -0.3 is 15.8 Å². The molecule has 4 aromatic rings. The number of pyridine rings is 1. The smallest absolute Gasteiger partial charge is 0.322 e. The highest BCUT2D eigenvalue weighted by Gasteiger charge is 2.22. The average Bonchev–Trinajstić information content (AvgIpc) is 3.23. The lowest BCUT2D eigenvalue weighted by Crippen LogP contribution is -2.32. The summed E-state index contributed by atoms with van der Waals surface area (Å²) in [6.07, 6.45) is 7.57. The Kier molecular flexibility index (Phi) is 5.61. The van der Waals surface area contributed by atoms with Crippen LogP contribution in [0.25, 0.3) is 16.6 Å². The summed E-state index contributed by atoms with van der Waals surface area (Å²) in [5, 5.41) is 9.13. The van der Waals surface area contributed by atoms with Gasteiger partial charge in [0.15, 0.2) is 5.65 Å². The number of aromatic nitrogens is 5. The molecule has 5 rings (SSSR count). The Morgan fingerprint density at radius 2 is 1.97 bits per heavy atom. The van der Waals surface area contributed by atoms with Crippen molar-refractivity contribution in [2.75, 3.05) is 5.32 Å². The summed E-state index contributed by atoms with van der Waals surface area (Å²) in [5.41, 5.74) is 10.0. The third-order valence-electron chi connectivity index (χ3n) is 6.16.